The summed E-state index contributed by atoms with van der Waals surface area (Å²) in [5.41, 5.74) is 1.85. The van der Waals surface area contributed by atoms with Crippen LogP contribution in [0.5, 0.6) is 0 Å². The number of hydrogen-bond acceptors (Lipinski definition) is 4. The number of methoxy groups -OCH3 is 1. The predicted molar refractivity (Wildman–Crippen MR) is 74.1 cm³/mol. The largest absolute Gasteiger partial charge is 0.377 e. The summed E-state index contributed by atoms with van der Waals surface area (Å²) in [4.78, 5) is 17.8. The number of ether oxygens (including phenoxy) is 1. The number of hydrogen-bond donors (Lipinski definition) is 1. The fourth-order valence-electron chi connectivity index (χ4n) is 2.34. The van der Waals surface area contributed by atoms with Gasteiger partial charge in [-0.05, 0) is 30.7 Å². The molecule has 6 heteroatoms. The SMILES string of the molecule is COCc1nc(-c2ccc(N3CCCC3=O)cc2)n[nH]1. The Balaban J connectivity index is 1.79. The highest BCUT2D eigenvalue weighted by atomic mass is 16.5. The number of aromatic nitrogens is 3. The molecule has 3 rings (SSSR count). The molecule has 1 aromatic heterocycles. The third-order valence-corrected chi connectivity index (χ3v) is 3.32. The normalized spacial score (nSPS) is 15.1. The first-order valence-corrected chi connectivity index (χ1v) is 6.59. The van der Waals surface area contributed by atoms with E-state index in [9.17, 15) is 4.79 Å². The molecule has 0 atom stereocenters. The highest BCUT2D eigenvalue weighted by Gasteiger charge is 2.21. The molecule has 1 saturated heterocycles. The number of amides is 1. The van der Waals surface area contributed by atoms with Crippen molar-refractivity contribution in [3.63, 3.8) is 0 Å². The van der Waals surface area contributed by atoms with Crippen molar-refractivity contribution >= 4 is 11.6 Å². The van der Waals surface area contributed by atoms with Crippen molar-refractivity contribution in [3.8, 4) is 11.4 Å². The second kappa shape index (κ2) is 5.42. The Labute approximate surface area is 116 Å². The summed E-state index contributed by atoms with van der Waals surface area (Å²) >= 11 is 0. The van der Waals surface area contributed by atoms with Crippen molar-refractivity contribution < 1.29 is 9.53 Å². The molecule has 0 aliphatic carbocycles. The van der Waals surface area contributed by atoms with Crippen molar-refractivity contribution in [2.45, 2.75) is 19.4 Å². The van der Waals surface area contributed by atoms with Crippen LogP contribution < -0.4 is 4.90 Å². The van der Waals surface area contributed by atoms with Gasteiger partial charge in [-0.2, -0.15) is 5.10 Å². The molecular weight excluding hydrogens is 256 g/mol. The molecule has 104 valence electrons. The quantitative estimate of drug-likeness (QED) is 0.920. The topological polar surface area (TPSA) is 71.1 Å². The lowest BCUT2D eigenvalue weighted by Crippen LogP contribution is -2.23. The summed E-state index contributed by atoms with van der Waals surface area (Å²) in [5.74, 6) is 1.52. The maximum Gasteiger partial charge on any atom is 0.227 e. The van der Waals surface area contributed by atoms with E-state index in [2.05, 4.69) is 15.2 Å². The molecule has 1 amide bonds. The number of carbonyl (C=O) groups is 1. The third kappa shape index (κ3) is 2.42. The zero-order valence-corrected chi connectivity index (χ0v) is 11.3. The third-order valence-electron chi connectivity index (χ3n) is 3.32. The maximum atomic E-state index is 11.7. The summed E-state index contributed by atoms with van der Waals surface area (Å²) in [6.07, 6.45) is 1.57. The minimum atomic E-state index is 0.193. The van der Waals surface area contributed by atoms with E-state index in [4.69, 9.17) is 4.74 Å². The number of benzene rings is 1. The zero-order chi connectivity index (χ0) is 13.9. The molecular formula is C14H16N4O2. The van der Waals surface area contributed by atoms with Crippen LogP contribution in [0.3, 0.4) is 0 Å². The second-order valence-electron chi connectivity index (χ2n) is 4.73. The molecule has 2 aromatic rings. The number of rotatable bonds is 4. The molecule has 1 fully saturated rings. The van der Waals surface area contributed by atoms with Crippen LogP contribution in [0.2, 0.25) is 0 Å². The minimum absolute atomic E-state index is 0.193. The van der Waals surface area contributed by atoms with E-state index >= 15 is 0 Å². The van der Waals surface area contributed by atoms with Crippen molar-refractivity contribution in [2.75, 3.05) is 18.6 Å². The molecule has 0 spiro atoms. The number of anilines is 1. The monoisotopic (exact) mass is 272 g/mol. The Hall–Kier alpha value is -2.21. The minimum Gasteiger partial charge on any atom is -0.377 e. The van der Waals surface area contributed by atoms with E-state index in [-0.39, 0.29) is 5.91 Å². The molecule has 2 heterocycles. The molecule has 1 N–H and O–H groups in total. The predicted octanol–water partition coefficient (Wildman–Crippen LogP) is 1.74. The van der Waals surface area contributed by atoms with Crippen LogP contribution in [0.1, 0.15) is 18.7 Å². The van der Waals surface area contributed by atoms with Gasteiger partial charge >= 0.3 is 0 Å². The first-order chi connectivity index (χ1) is 9.78. The lowest BCUT2D eigenvalue weighted by molar-refractivity contribution is -0.117. The van der Waals surface area contributed by atoms with Gasteiger partial charge in [0.05, 0.1) is 0 Å². The van der Waals surface area contributed by atoms with Gasteiger partial charge in [-0.15, -0.1) is 0 Å². The summed E-state index contributed by atoms with van der Waals surface area (Å²) in [5, 5.41) is 6.98. The first kappa shape index (κ1) is 12.8. The van der Waals surface area contributed by atoms with E-state index in [0.717, 1.165) is 24.2 Å². The van der Waals surface area contributed by atoms with Crippen molar-refractivity contribution in [1.82, 2.24) is 15.2 Å². The Bertz CT molecular complexity index is 606. The smallest absolute Gasteiger partial charge is 0.227 e. The maximum absolute atomic E-state index is 11.7. The van der Waals surface area contributed by atoms with Gasteiger partial charge in [-0.25, -0.2) is 4.98 Å². The fourth-order valence-corrected chi connectivity index (χ4v) is 2.34. The van der Waals surface area contributed by atoms with Crippen LogP contribution in [0, 0.1) is 0 Å². The fraction of sp³-hybridized carbons (Fsp3) is 0.357. The van der Waals surface area contributed by atoms with E-state index in [0.29, 0.717) is 24.7 Å². The molecule has 6 nitrogen and oxygen atoms in total. The molecule has 1 aliphatic rings. The van der Waals surface area contributed by atoms with Gasteiger partial charge < -0.3 is 9.64 Å². The van der Waals surface area contributed by atoms with E-state index in [1.54, 1.807) is 7.11 Å². The molecule has 20 heavy (non-hydrogen) atoms. The average molecular weight is 272 g/mol. The first-order valence-electron chi connectivity index (χ1n) is 6.59. The summed E-state index contributed by atoms with van der Waals surface area (Å²) in [7, 11) is 1.62. The van der Waals surface area contributed by atoms with Gasteiger partial charge in [0.1, 0.15) is 6.61 Å². The van der Waals surface area contributed by atoms with Crippen molar-refractivity contribution in [2.24, 2.45) is 0 Å². The van der Waals surface area contributed by atoms with Gasteiger partial charge in [0.15, 0.2) is 11.6 Å². The van der Waals surface area contributed by atoms with Crippen LogP contribution in [0.25, 0.3) is 11.4 Å². The lowest BCUT2D eigenvalue weighted by Gasteiger charge is -2.15. The van der Waals surface area contributed by atoms with Crippen molar-refractivity contribution in [3.05, 3.63) is 30.1 Å². The molecule has 1 aromatic carbocycles. The van der Waals surface area contributed by atoms with Gasteiger partial charge in [0.2, 0.25) is 5.91 Å². The number of H-pyrrole nitrogens is 1. The highest BCUT2D eigenvalue weighted by molar-refractivity contribution is 5.95. The van der Waals surface area contributed by atoms with E-state index in [1.165, 1.54) is 0 Å². The van der Waals surface area contributed by atoms with Gasteiger partial charge in [-0.3, -0.25) is 9.89 Å². The van der Waals surface area contributed by atoms with Gasteiger partial charge in [0, 0.05) is 31.3 Å². The molecule has 0 bridgehead atoms. The van der Waals surface area contributed by atoms with Crippen LogP contribution in [-0.2, 0) is 16.1 Å². The summed E-state index contributed by atoms with van der Waals surface area (Å²) in [6.45, 7) is 1.21. The number of nitrogens with zero attached hydrogens (tertiary/aromatic N) is 3. The average Bonchev–Trinajstić information content (AvgIpc) is 3.09. The summed E-state index contributed by atoms with van der Waals surface area (Å²) in [6, 6.07) is 7.73. The van der Waals surface area contributed by atoms with Crippen LogP contribution >= 0.6 is 0 Å². The highest BCUT2D eigenvalue weighted by Crippen LogP contribution is 2.24. The van der Waals surface area contributed by atoms with Crippen LogP contribution in [0.15, 0.2) is 24.3 Å². The standard InChI is InChI=1S/C14H16N4O2/c1-20-9-12-15-14(17-16-12)10-4-6-11(7-5-10)18-8-2-3-13(18)19/h4-7H,2-3,8-9H2,1H3,(H,15,16,17). The summed E-state index contributed by atoms with van der Waals surface area (Å²) < 4.78 is 5.00. The Kier molecular flexibility index (Phi) is 3.47. The lowest BCUT2D eigenvalue weighted by atomic mass is 10.2. The van der Waals surface area contributed by atoms with Crippen LogP contribution in [-0.4, -0.2) is 34.7 Å². The number of nitrogens with one attached hydrogen (secondary N) is 1. The Morgan fingerprint density at radius 2 is 2.15 bits per heavy atom. The number of carbonyl (C=O) groups excluding carboxylic acids is 1. The Morgan fingerprint density at radius 3 is 2.80 bits per heavy atom. The second-order valence-corrected chi connectivity index (χ2v) is 4.73. The van der Waals surface area contributed by atoms with Crippen LogP contribution in [0.4, 0.5) is 5.69 Å². The molecule has 1 aliphatic heterocycles. The molecule has 0 saturated carbocycles. The van der Waals surface area contributed by atoms with Gasteiger partial charge in [0.25, 0.3) is 0 Å². The van der Waals surface area contributed by atoms with Gasteiger partial charge in [-0.1, -0.05) is 0 Å². The zero-order valence-electron chi connectivity index (χ0n) is 11.3. The van der Waals surface area contributed by atoms with E-state index in [1.807, 2.05) is 29.2 Å². The Morgan fingerprint density at radius 1 is 1.35 bits per heavy atom. The van der Waals surface area contributed by atoms with Crippen molar-refractivity contribution in [1.29, 1.82) is 0 Å². The van der Waals surface area contributed by atoms with E-state index < -0.39 is 0 Å². The molecule has 0 unspecified atom stereocenters. The molecule has 0 radical (unpaired) electrons. The number of aromatic amines is 1.